The number of fused-ring (bicyclic) bond motifs is 1. The number of aliphatic imine (C=N–C) groups is 1. The van der Waals surface area contributed by atoms with E-state index in [9.17, 15) is 0 Å². The van der Waals surface area contributed by atoms with E-state index >= 15 is 0 Å². The molecule has 3 heteroatoms. The van der Waals surface area contributed by atoms with E-state index in [0.29, 0.717) is 5.92 Å². The van der Waals surface area contributed by atoms with Gasteiger partial charge in [0.2, 0.25) is 0 Å². The van der Waals surface area contributed by atoms with Gasteiger partial charge in [-0.25, -0.2) is 0 Å². The molecule has 0 fully saturated rings. The van der Waals surface area contributed by atoms with E-state index in [-0.39, 0.29) is 0 Å². The highest BCUT2D eigenvalue weighted by Gasteiger charge is 2.19. The molecule has 1 aromatic rings. The maximum absolute atomic E-state index is 4.47. The Morgan fingerprint density at radius 3 is 2.65 bits per heavy atom. The average Bonchev–Trinajstić information content (AvgIpc) is 2.70. The molecule has 92 valence electrons. The summed E-state index contributed by atoms with van der Waals surface area (Å²) in [7, 11) is 6.40. The number of hydrogen-bond donors (Lipinski definition) is 0. The molecule has 1 unspecified atom stereocenters. The van der Waals surface area contributed by atoms with Crippen molar-refractivity contribution in [3.05, 3.63) is 29.8 Å². The Morgan fingerprint density at radius 1 is 1.12 bits per heavy atom. The van der Waals surface area contributed by atoms with Gasteiger partial charge in [0, 0.05) is 31.8 Å². The monoisotopic (exact) mass is 231 g/mol. The molecule has 3 nitrogen and oxygen atoms in total. The number of para-hydroxylation sites is 1. The quantitative estimate of drug-likeness (QED) is 0.771. The van der Waals surface area contributed by atoms with E-state index in [1.165, 1.54) is 5.56 Å². The lowest BCUT2D eigenvalue weighted by Crippen LogP contribution is -2.31. The van der Waals surface area contributed by atoms with Crippen molar-refractivity contribution in [3.63, 3.8) is 0 Å². The molecule has 0 N–H and O–H groups in total. The fraction of sp³-hybridized carbons (Fsp3) is 0.500. The highest BCUT2D eigenvalue weighted by atomic mass is 15.1. The molecule has 0 saturated heterocycles. The topological polar surface area (TPSA) is 18.8 Å². The number of rotatable bonds is 5. The predicted octanol–water partition coefficient (Wildman–Crippen LogP) is 1.98. The number of nitrogens with zero attached hydrogens (tertiary/aromatic N) is 3. The lowest BCUT2D eigenvalue weighted by molar-refractivity contribution is 0.281. The van der Waals surface area contributed by atoms with E-state index in [1.807, 2.05) is 6.07 Å². The molecule has 0 radical (unpaired) electrons. The van der Waals surface area contributed by atoms with Crippen LogP contribution in [0.4, 0.5) is 5.69 Å². The van der Waals surface area contributed by atoms with Crippen molar-refractivity contribution >= 4 is 11.9 Å². The summed E-state index contributed by atoms with van der Waals surface area (Å²) < 4.78 is 0. The summed E-state index contributed by atoms with van der Waals surface area (Å²) >= 11 is 0. The van der Waals surface area contributed by atoms with E-state index in [2.05, 4.69) is 60.3 Å². The van der Waals surface area contributed by atoms with E-state index < -0.39 is 0 Å². The summed E-state index contributed by atoms with van der Waals surface area (Å²) in [6.45, 7) is 3.25. The molecule has 17 heavy (non-hydrogen) atoms. The van der Waals surface area contributed by atoms with Crippen LogP contribution in [0.2, 0.25) is 0 Å². The van der Waals surface area contributed by atoms with Crippen LogP contribution >= 0.6 is 0 Å². The van der Waals surface area contributed by atoms with Gasteiger partial charge in [0.05, 0.1) is 5.69 Å². The van der Waals surface area contributed by atoms with Crippen LogP contribution in [0.15, 0.2) is 29.3 Å². The first kappa shape index (κ1) is 12.3. The van der Waals surface area contributed by atoms with Crippen LogP contribution in [0.1, 0.15) is 11.5 Å². The maximum atomic E-state index is 4.47. The first-order valence-corrected chi connectivity index (χ1v) is 6.13. The van der Waals surface area contributed by atoms with Crippen molar-refractivity contribution in [1.29, 1.82) is 0 Å². The van der Waals surface area contributed by atoms with E-state index in [4.69, 9.17) is 0 Å². The van der Waals surface area contributed by atoms with Crippen LogP contribution < -0.4 is 0 Å². The predicted molar refractivity (Wildman–Crippen MR) is 73.4 cm³/mol. The lowest BCUT2D eigenvalue weighted by atomic mass is 10.0. The van der Waals surface area contributed by atoms with Gasteiger partial charge in [0.1, 0.15) is 0 Å². The first-order chi connectivity index (χ1) is 8.16. The van der Waals surface area contributed by atoms with Crippen molar-refractivity contribution in [2.24, 2.45) is 4.99 Å². The summed E-state index contributed by atoms with van der Waals surface area (Å²) in [6.07, 6.45) is 2.08. The van der Waals surface area contributed by atoms with Crippen LogP contribution in [0.25, 0.3) is 0 Å². The Kier molecular flexibility index (Phi) is 3.92. The third-order valence-corrected chi connectivity index (χ3v) is 3.17. The first-order valence-electron chi connectivity index (χ1n) is 6.13. The second-order valence-electron chi connectivity index (χ2n) is 5.01. The molecule has 0 bridgehead atoms. The molecule has 1 aromatic carbocycles. The van der Waals surface area contributed by atoms with Gasteiger partial charge in [-0.15, -0.1) is 0 Å². The van der Waals surface area contributed by atoms with Crippen molar-refractivity contribution in [3.8, 4) is 0 Å². The highest BCUT2D eigenvalue weighted by Crippen LogP contribution is 2.31. The molecule has 1 heterocycles. The highest BCUT2D eigenvalue weighted by molar-refractivity contribution is 5.80. The zero-order valence-electron chi connectivity index (χ0n) is 10.9. The smallest absolute Gasteiger partial charge is 0.0665 e. The normalized spacial score (nSPS) is 18.1. The van der Waals surface area contributed by atoms with Crippen molar-refractivity contribution < 1.29 is 0 Å². The van der Waals surface area contributed by atoms with Gasteiger partial charge in [-0.1, -0.05) is 18.2 Å². The number of benzene rings is 1. The Balaban J connectivity index is 1.91. The molecule has 0 saturated carbocycles. The zero-order valence-corrected chi connectivity index (χ0v) is 10.9. The summed E-state index contributed by atoms with van der Waals surface area (Å²) in [6, 6.07) is 8.42. The molecule has 0 aliphatic carbocycles. The summed E-state index contributed by atoms with van der Waals surface area (Å²) in [5, 5.41) is 0. The molecule has 0 aromatic heterocycles. The molecule has 0 spiro atoms. The minimum atomic E-state index is 0.457. The van der Waals surface area contributed by atoms with Gasteiger partial charge in [0.15, 0.2) is 0 Å². The second kappa shape index (κ2) is 5.43. The molecule has 1 aliphatic rings. The largest absolute Gasteiger partial charge is 0.308 e. The van der Waals surface area contributed by atoms with Crippen molar-refractivity contribution in [2.75, 3.05) is 40.8 Å². The summed E-state index contributed by atoms with van der Waals surface area (Å²) in [5.74, 6) is 0.457. The fourth-order valence-corrected chi connectivity index (χ4v) is 2.11. The number of hydrogen-bond acceptors (Lipinski definition) is 3. The number of likely N-dealkylation sites (N-methyl/N-ethyl adjacent to an activating group) is 2. The minimum absolute atomic E-state index is 0.457. The summed E-state index contributed by atoms with van der Waals surface area (Å²) in [4.78, 5) is 9.06. The average molecular weight is 231 g/mol. The molecular formula is C14H21N3. The van der Waals surface area contributed by atoms with Gasteiger partial charge in [-0.3, -0.25) is 4.99 Å². The van der Waals surface area contributed by atoms with Gasteiger partial charge in [0.25, 0.3) is 0 Å². The Labute approximate surface area is 104 Å². The van der Waals surface area contributed by atoms with E-state index in [0.717, 1.165) is 25.3 Å². The van der Waals surface area contributed by atoms with Gasteiger partial charge >= 0.3 is 0 Å². The Morgan fingerprint density at radius 2 is 1.88 bits per heavy atom. The fourth-order valence-electron chi connectivity index (χ4n) is 2.11. The van der Waals surface area contributed by atoms with Crippen LogP contribution in [-0.2, 0) is 0 Å². The zero-order chi connectivity index (χ0) is 12.3. The SMILES string of the molecule is CN(C)CCN(C)CC1C=Nc2ccccc21. The maximum Gasteiger partial charge on any atom is 0.0665 e. The van der Waals surface area contributed by atoms with Crippen LogP contribution in [0.3, 0.4) is 0 Å². The van der Waals surface area contributed by atoms with Crippen LogP contribution in [0.5, 0.6) is 0 Å². The Hall–Kier alpha value is -1.19. The van der Waals surface area contributed by atoms with Gasteiger partial charge in [-0.05, 0) is 32.8 Å². The van der Waals surface area contributed by atoms with Crippen LogP contribution in [-0.4, -0.2) is 56.8 Å². The Bertz CT molecular complexity index is 398. The molecule has 1 aliphatic heterocycles. The van der Waals surface area contributed by atoms with Gasteiger partial charge in [-0.2, -0.15) is 0 Å². The minimum Gasteiger partial charge on any atom is -0.308 e. The standard InChI is InChI=1S/C14H21N3/c1-16(2)8-9-17(3)11-12-10-15-14-7-5-4-6-13(12)14/h4-7,10,12H,8-9,11H2,1-3H3. The van der Waals surface area contributed by atoms with E-state index in [1.54, 1.807) is 0 Å². The molecule has 1 atom stereocenters. The van der Waals surface area contributed by atoms with Gasteiger partial charge < -0.3 is 9.80 Å². The molecular weight excluding hydrogens is 210 g/mol. The lowest BCUT2D eigenvalue weighted by Gasteiger charge is -2.22. The van der Waals surface area contributed by atoms with Crippen LogP contribution in [0, 0.1) is 0 Å². The summed E-state index contributed by atoms with van der Waals surface area (Å²) in [5.41, 5.74) is 2.50. The third-order valence-electron chi connectivity index (χ3n) is 3.17. The second-order valence-corrected chi connectivity index (χ2v) is 5.01. The molecule has 0 amide bonds. The third kappa shape index (κ3) is 3.14. The van der Waals surface area contributed by atoms with Crippen molar-refractivity contribution in [1.82, 2.24) is 9.80 Å². The van der Waals surface area contributed by atoms with Crippen molar-refractivity contribution in [2.45, 2.75) is 5.92 Å². The molecule has 2 rings (SSSR count).